The Balaban J connectivity index is 3.21. The largest absolute Gasteiger partial charge is 0.359 e. The van der Waals surface area contributed by atoms with E-state index in [9.17, 15) is 9.59 Å². The molecule has 0 bridgehead atoms. The molecule has 3 heteroatoms. The van der Waals surface area contributed by atoms with Gasteiger partial charge in [-0.2, -0.15) is 0 Å². The van der Waals surface area contributed by atoms with Crippen LogP contribution in [0.1, 0.15) is 39.0 Å². The lowest BCUT2D eigenvalue weighted by atomic mass is 10.1. The molecule has 0 heterocycles. The summed E-state index contributed by atoms with van der Waals surface area (Å²) in [5.74, 6) is 0.339. The van der Waals surface area contributed by atoms with Gasteiger partial charge in [-0.05, 0) is 12.8 Å². The number of hydrogen-bond acceptors (Lipinski definition) is 2. The summed E-state index contributed by atoms with van der Waals surface area (Å²) in [5.41, 5.74) is 0. The first-order valence-electron chi connectivity index (χ1n) is 4.43. The van der Waals surface area contributed by atoms with Gasteiger partial charge in [-0.25, -0.2) is 0 Å². The number of amides is 1. The summed E-state index contributed by atoms with van der Waals surface area (Å²) in [4.78, 5) is 21.6. The third-order valence-electron chi connectivity index (χ3n) is 1.78. The van der Waals surface area contributed by atoms with E-state index >= 15 is 0 Å². The summed E-state index contributed by atoms with van der Waals surface area (Å²) >= 11 is 0. The number of carbonyl (C=O) groups is 2. The fraction of sp³-hybridized carbons (Fsp3) is 0.778. The van der Waals surface area contributed by atoms with E-state index in [4.69, 9.17) is 0 Å². The molecule has 0 aliphatic rings. The van der Waals surface area contributed by atoms with Gasteiger partial charge in [0.2, 0.25) is 5.91 Å². The summed E-state index contributed by atoms with van der Waals surface area (Å²) < 4.78 is 0. The molecule has 0 aromatic rings. The predicted octanol–water partition coefficient (Wildman–Crippen LogP) is 1.27. The molecule has 0 aliphatic heterocycles. The van der Waals surface area contributed by atoms with Crippen LogP contribution in [-0.2, 0) is 9.59 Å². The van der Waals surface area contributed by atoms with Gasteiger partial charge in [0.25, 0.3) is 0 Å². The van der Waals surface area contributed by atoms with E-state index in [0.717, 1.165) is 12.8 Å². The van der Waals surface area contributed by atoms with Crippen LogP contribution in [0.2, 0.25) is 0 Å². The maximum atomic E-state index is 10.8. The van der Waals surface area contributed by atoms with E-state index in [1.807, 2.05) is 6.92 Å². The van der Waals surface area contributed by atoms with E-state index in [0.29, 0.717) is 19.3 Å². The molecule has 0 saturated heterocycles. The van der Waals surface area contributed by atoms with Crippen molar-refractivity contribution in [2.24, 2.45) is 0 Å². The Labute approximate surface area is 73.5 Å². The standard InChI is InChI=1S/C9H17NO2/c1-3-8(11)6-4-5-7-9(12)10-2/h3-7H2,1-2H3,(H,10,12). The van der Waals surface area contributed by atoms with Crippen LogP contribution in [0.4, 0.5) is 0 Å². The molecular formula is C9H17NO2. The Kier molecular flexibility index (Phi) is 6.34. The highest BCUT2D eigenvalue weighted by Gasteiger charge is 2.00. The number of hydrogen-bond donors (Lipinski definition) is 1. The number of carbonyl (C=O) groups excluding carboxylic acids is 2. The van der Waals surface area contributed by atoms with Gasteiger partial charge in [-0.1, -0.05) is 6.92 Å². The monoisotopic (exact) mass is 171 g/mol. The first-order valence-corrected chi connectivity index (χ1v) is 4.43. The second-order valence-corrected chi connectivity index (χ2v) is 2.77. The lowest BCUT2D eigenvalue weighted by Crippen LogP contribution is -2.16. The van der Waals surface area contributed by atoms with Gasteiger partial charge in [-0.3, -0.25) is 9.59 Å². The number of rotatable bonds is 6. The van der Waals surface area contributed by atoms with Gasteiger partial charge in [0.15, 0.2) is 0 Å². The van der Waals surface area contributed by atoms with Gasteiger partial charge < -0.3 is 5.32 Å². The SMILES string of the molecule is CCC(=O)CCCCC(=O)NC. The maximum Gasteiger partial charge on any atom is 0.219 e. The average Bonchev–Trinajstić information content (AvgIpc) is 2.11. The third-order valence-corrected chi connectivity index (χ3v) is 1.78. The predicted molar refractivity (Wildman–Crippen MR) is 47.8 cm³/mol. The zero-order chi connectivity index (χ0) is 9.40. The zero-order valence-electron chi connectivity index (χ0n) is 7.85. The third kappa shape index (κ3) is 5.89. The second kappa shape index (κ2) is 6.83. The van der Waals surface area contributed by atoms with E-state index in [1.54, 1.807) is 7.05 Å². The topological polar surface area (TPSA) is 46.2 Å². The molecular weight excluding hydrogens is 154 g/mol. The van der Waals surface area contributed by atoms with Crippen LogP contribution in [-0.4, -0.2) is 18.7 Å². The van der Waals surface area contributed by atoms with Crippen LogP contribution in [0.5, 0.6) is 0 Å². The Hall–Kier alpha value is -0.860. The number of unbranched alkanes of at least 4 members (excludes halogenated alkanes) is 1. The molecule has 1 amide bonds. The summed E-state index contributed by atoms with van der Waals surface area (Å²) in [6, 6.07) is 0. The fourth-order valence-corrected chi connectivity index (χ4v) is 0.910. The van der Waals surface area contributed by atoms with Gasteiger partial charge >= 0.3 is 0 Å². The molecule has 0 unspecified atom stereocenters. The van der Waals surface area contributed by atoms with E-state index < -0.39 is 0 Å². The van der Waals surface area contributed by atoms with E-state index in [-0.39, 0.29) is 11.7 Å². The van der Waals surface area contributed by atoms with Crippen molar-refractivity contribution >= 4 is 11.7 Å². The lowest BCUT2D eigenvalue weighted by Gasteiger charge is -1.98. The first-order chi connectivity index (χ1) is 5.70. The summed E-state index contributed by atoms with van der Waals surface area (Å²) in [6.45, 7) is 1.86. The van der Waals surface area contributed by atoms with Crippen molar-refractivity contribution in [1.29, 1.82) is 0 Å². The molecule has 12 heavy (non-hydrogen) atoms. The Morgan fingerprint density at radius 2 is 1.75 bits per heavy atom. The van der Waals surface area contributed by atoms with Crippen molar-refractivity contribution in [1.82, 2.24) is 5.32 Å². The summed E-state index contributed by atoms with van der Waals surface area (Å²) in [5, 5.41) is 2.54. The minimum absolute atomic E-state index is 0.0546. The molecule has 0 saturated carbocycles. The van der Waals surface area contributed by atoms with Crippen molar-refractivity contribution in [3.8, 4) is 0 Å². The van der Waals surface area contributed by atoms with Gasteiger partial charge in [0.1, 0.15) is 5.78 Å². The highest BCUT2D eigenvalue weighted by Crippen LogP contribution is 2.01. The molecule has 0 spiro atoms. The minimum atomic E-state index is 0.0546. The minimum Gasteiger partial charge on any atom is -0.359 e. The lowest BCUT2D eigenvalue weighted by molar-refractivity contribution is -0.121. The molecule has 0 radical (unpaired) electrons. The maximum absolute atomic E-state index is 10.8. The molecule has 3 nitrogen and oxygen atoms in total. The van der Waals surface area contributed by atoms with Gasteiger partial charge in [0.05, 0.1) is 0 Å². The molecule has 0 aromatic heterocycles. The van der Waals surface area contributed by atoms with Crippen LogP contribution in [0.15, 0.2) is 0 Å². The van der Waals surface area contributed by atoms with Gasteiger partial charge in [-0.15, -0.1) is 0 Å². The number of ketones is 1. The molecule has 70 valence electrons. The first kappa shape index (κ1) is 11.1. The van der Waals surface area contributed by atoms with Crippen molar-refractivity contribution in [3.05, 3.63) is 0 Å². The normalized spacial score (nSPS) is 9.50. The Morgan fingerprint density at radius 3 is 2.25 bits per heavy atom. The van der Waals surface area contributed by atoms with Crippen molar-refractivity contribution in [2.45, 2.75) is 39.0 Å². The Bertz CT molecular complexity index is 137. The number of nitrogens with one attached hydrogen (secondary N) is 1. The fourth-order valence-electron chi connectivity index (χ4n) is 0.910. The molecule has 0 fully saturated rings. The van der Waals surface area contributed by atoms with Crippen LogP contribution in [0.25, 0.3) is 0 Å². The highest BCUT2D eigenvalue weighted by molar-refractivity contribution is 5.78. The molecule has 1 N–H and O–H groups in total. The molecule has 0 rings (SSSR count). The van der Waals surface area contributed by atoms with Crippen molar-refractivity contribution < 1.29 is 9.59 Å². The van der Waals surface area contributed by atoms with Crippen LogP contribution in [0.3, 0.4) is 0 Å². The number of Topliss-reactive ketones (excluding diaryl/α,β-unsaturated/α-hetero) is 1. The molecule has 0 atom stereocenters. The van der Waals surface area contributed by atoms with Crippen LogP contribution in [0, 0.1) is 0 Å². The Morgan fingerprint density at radius 1 is 1.17 bits per heavy atom. The van der Waals surface area contributed by atoms with Crippen molar-refractivity contribution in [3.63, 3.8) is 0 Å². The van der Waals surface area contributed by atoms with Crippen molar-refractivity contribution in [2.75, 3.05) is 7.05 Å². The van der Waals surface area contributed by atoms with Gasteiger partial charge in [0, 0.05) is 26.3 Å². The van der Waals surface area contributed by atoms with Crippen LogP contribution < -0.4 is 5.32 Å². The van der Waals surface area contributed by atoms with Crippen LogP contribution >= 0.6 is 0 Å². The zero-order valence-corrected chi connectivity index (χ0v) is 7.85. The molecule has 0 aliphatic carbocycles. The summed E-state index contributed by atoms with van der Waals surface area (Å²) in [6.07, 6.45) is 3.41. The highest BCUT2D eigenvalue weighted by atomic mass is 16.1. The van der Waals surface area contributed by atoms with E-state index in [2.05, 4.69) is 5.32 Å². The smallest absolute Gasteiger partial charge is 0.219 e. The van der Waals surface area contributed by atoms with E-state index in [1.165, 1.54) is 0 Å². The second-order valence-electron chi connectivity index (χ2n) is 2.77. The quantitative estimate of drug-likeness (QED) is 0.612. The summed E-state index contributed by atoms with van der Waals surface area (Å²) in [7, 11) is 1.62. The molecule has 0 aromatic carbocycles. The average molecular weight is 171 g/mol.